The molecule has 6 nitrogen and oxygen atoms in total. The van der Waals surface area contributed by atoms with Gasteiger partial charge in [0, 0.05) is 6.07 Å². The van der Waals surface area contributed by atoms with Crippen molar-refractivity contribution in [2.45, 2.75) is 4.90 Å². The number of sulfonamides is 1. The minimum absolute atomic E-state index is 0.221. The Morgan fingerprint density at radius 1 is 0.750 bits per heavy atom. The van der Waals surface area contributed by atoms with Gasteiger partial charge in [0.2, 0.25) is 11.6 Å². The first-order valence-electron chi connectivity index (χ1n) is 8.63. The first kappa shape index (κ1) is 23.1. The number of benzene rings is 3. The van der Waals surface area contributed by atoms with Crippen LogP contribution in [0.25, 0.3) is 0 Å². The Labute approximate surface area is 179 Å². The summed E-state index contributed by atoms with van der Waals surface area (Å²) < 4.78 is 113. The SMILES string of the molecule is COc1ccc(Oc2c(F)c(F)c(F)c(F)c2S(=O)(=O)Nc2ccc(OC)c(F)c2)cc1. The third-order valence-electron chi connectivity index (χ3n) is 4.14. The predicted octanol–water partition coefficient (Wildman–Crippen LogP) is 4.99. The summed E-state index contributed by atoms with van der Waals surface area (Å²) in [7, 11) is -2.60. The molecule has 0 aliphatic heterocycles. The molecule has 170 valence electrons. The molecule has 32 heavy (non-hydrogen) atoms. The van der Waals surface area contributed by atoms with Gasteiger partial charge in [-0.15, -0.1) is 0 Å². The second kappa shape index (κ2) is 8.91. The zero-order valence-corrected chi connectivity index (χ0v) is 17.2. The van der Waals surface area contributed by atoms with E-state index in [4.69, 9.17) is 14.2 Å². The van der Waals surface area contributed by atoms with Gasteiger partial charge in [-0.2, -0.15) is 4.39 Å². The highest BCUT2D eigenvalue weighted by atomic mass is 32.2. The van der Waals surface area contributed by atoms with E-state index >= 15 is 0 Å². The molecule has 0 saturated heterocycles. The Morgan fingerprint density at radius 2 is 1.34 bits per heavy atom. The molecule has 3 rings (SSSR count). The molecule has 3 aromatic carbocycles. The van der Waals surface area contributed by atoms with Crippen molar-refractivity contribution in [1.82, 2.24) is 0 Å². The average molecular weight is 475 g/mol. The maximum absolute atomic E-state index is 14.5. The Balaban J connectivity index is 2.11. The summed E-state index contributed by atoms with van der Waals surface area (Å²) in [5, 5.41) is 0. The highest BCUT2D eigenvalue weighted by Gasteiger charge is 2.35. The van der Waals surface area contributed by atoms with Crippen LogP contribution in [0.4, 0.5) is 27.6 Å². The standard InChI is InChI=1S/C20H14F5NO5S/c1-29-11-4-6-12(7-5-11)31-19-17(24)15(22)16(23)18(25)20(19)32(27,28)26-10-3-8-14(30-2)13(21)9-10/h3-9,26H,1-2H3. The molecule has 0 heterocycles. The summed E-state index contributed by atoms with van der Waals surface area (Å²) in [6, 6.07) is 7.88. The van der Waals surface area contributed by atoms with Crippen molar-refractivity contribution in [1.29, 1.82) is 0 Å². The van der Waals surface area contributed by atoms with E-state index in [2.05, 4.69) is 0 Å². The topological polar surface area (TPSA) is 73.9 Å². The minimum atomic E-state index is -5.13. The maximum Gasteiger partial charge on any atom is 0.268 e. The molecular weight excluding hydrogens is 461 g/mol. The van der Waals surface area contributed by atoms with Gasteiger partial charge < -0.3 is 14.2 Å². The van der Waals surface area contributed by atoms with Gasteiger partial charge in [-0.3, -0.25) is 4.72 Å². The van der Waals surface area contributed by atoms with Gasteiger partial charge in [0.05, 0.1) is 19.9 Å². The van der Waals surface area contributed by atoms with Crippen LogP contribution in [-0.2, 0) is 10.0 Å². The molecule has 0 aliphatic carbocycles. The fourth-order valence-corrected chi connectivity index (χ4v) is 3.86. The first-order valence-corrected chi connectivity index (χ1v) is 10.1. The molecule has 0 bridgehead atoms. The van der Waals surface area contributed by atoms with E-state index in [0.29, 0.717) is 11.8 Å². The van der Waals surface area contributed by atoms with Gasteiger partial charge in [0.1, 0.15) is 11.5 Å². The summed E-state index contributed by atoms with van der Waals surface area (Å²) >= 11 is 0. The van der Waals surface area contributed by atoms with Crippen molar-refractivity contribution >= 4 is 15.7 Å². The summed E-state index contributed by atoms with van der Waals surface area (Å²) in [6.07, 6.45) is 0. The van der Waals surface area contributed by atoms with Crippen molar-refractivity contribution in [2.24, 2.45) is 0 Å². The third kappa shape index (κ3) is 4.40. The molecule has 3 aromatic rings. The van der Waals surface area contributed by atoms with E-state index < -0.39 is 55.4 Å². The number of hydrogen-bond donors (Lipinski definition) is 1. The van der Waals surface area contributed by atoms with Crippen LogP contribution in [0.15, 0.2) is 47.4 Å². The van der Waals surface area contributed by atoms with E-state index in [1.807, 2.05) is 0 Å². The average Bonchev–Trinajstić information content (AvgIpc) is 2.76. The molecule has 12 heteroatoms. The molecule has 0 unspecified atom stereocenters. The first-order chi connectivity index (χ1) is 15.1. The molecule has 0 spiro atoms. The largest absolute Gasteiger partial charge is 0.497 e. The zero-order chi connectivity index (χ0) is 23.6. The van der Waals surface area contributed by atoms with Crippen LogP contribution in [0, 0.1) is 29.1 Å². The minimum Gasteiger partial charge on any atom is -0.497 e. The molecule has 0 radical (unpaired) electrons. The monoisotopic (exact) mass is 475 g/mol. The normalized spacial score (nSPS) is 11.2. The highest BCUT2D eigenvalue weighted by Crippen LogP contribution is 2.38. The lowest BCUT2D eigenvalue weighted by molar-refractivity contribution is 0.352. The molecule has 0 saturated carbocycles. The number of ether oxygens (including phenoxy) is 3. The van der Waals surface area contributed by atoms with Crippen LogP contribution in [0.1, 0.15) is 0 Å². The van der Waals surface area contributed by atoms with Gasteiger partial charge in [0.25, 0.3) is 10.0 Å². The second-order valence-electron chi connectivity index (χ2n) is 6.15. The number of anilines is 1. The zero-order valence-electron chi connectivity index (χ0n) is 16.4. The number of nitrogens with one attached hydrogen (secondary N) is 1. The number of rotatable bonds is 7. The number of hydrogen-bond acceptors (Lipinski definition) is 5. The lowest BCUT2D eigenvalue weighted by atomic mass is 10.2. The Bertz CT molecular complexity index is 1270. The van der Waals surface area contributed by atoms with E-state index in [-0.39, 0.29) is 11.5 Å². The Kier molecular flexibility index (Phi) is 6.44. The predicted molar refractivity (Wildman–Crippen MR) is 103 cm³/mol. The molecule has 0 aromatic heterocycles. The van der Waals surface area contributed by atoms with E-state index in [1.165, 1.54) is 38.5 Å². The summed E-state index contributed by atoms with van der Waals surface area (Å²) in [6.45, 7) is 0. The number of methoxy groups -OCH3 is 2. The van der Waals surface area contributed by atoms with Crippen LogP contribution < -0.4 is 18.9 Å². The van der Waals surface area contributed by atoms with Crippen molar-refractivity contribution < 1.29 is 44.6 Å². The van der Waals surface area contributed by atoms with Crippen LogP contribution in [-0.4, -0.2) is 22.6 Å². The molecular formula is C20H14F5NO5S. The highest BCUT2D eigenvalue weighted by molar-refractivity contribution is 7.92. The van der Waals surface area contributed by atoms with Crippen molar-refractivity contribution in [3.8, 4) is 23.0 Å². The Hall–Kier alpha value is -3.54. The fraction of sp³-hybridized carbons (Fsp3) is 0.100. The van der Waals surface area contributed by atoms with E-state index in [0.717, 1.165) is 12.1 Å². The van der Waals surface area contributed by atoms with Crippen LogP contribution in [0.3, 0.4) is 0 Å². The molecule has 0 fully saturated rings. The van der Waals surface area contributed by atoms with Gasteiger partial charge in [0.15, 0.2) is 33.8 Å². The van der Waals surface area contributed by atoms with Gasteiger partial charge >= 0.3 is 0 Å². The van der Waals surface area contributed by atoms with Gasteiger partial charge in [-0.05, 0) is 36.4 Å². The third-order valence-corrected chi connectivity index (χ3v) is 5.54. The second-order valence-corrected chi connectivity index (χ2v) is 7.77. The van der Waals surface area contributed by atoms with Crippen molar-refractivity contribution in [2.75, 3.05) is 18.9 Å². The maximum atomic E-state index is 14.5. The molecule has 0 aliphatic rings. The quantitative estimate of drug-likeness (QED) is 0.296. The van der Waals surface area contributed by atoms with E-state index in [9.17, 15) is 30.4 Å². The van der Waals surface area contributed by atoms with Gasteiger partial charge in [-0.1, -0.05) is 0 Å². The Morgan fingerprint density at radius 3 is 1.91 bits per heavy atom. The smallest absolute Gasteiger partial charge is 0.268 e. The van der Waals surface area contributed by atoms with Crippen LogP contribution in [0.2, 0.25) is 0 Å². The fourth-order valence-electron chi connectivity index (χ4n) is 2.62. The van der Waals surface area contributed by atoms with Gasteiger partial charge in [-0.25, -0.2) is 26.0 Å². The summed E-state index contributed by atoms with van der Waals surface area (Å²) in [5.41, 5.74) is -0.428. The lowest BCUT2D eigenvalue weighted by Crippen LogP contribution is -2.18. The summed E-state index contributed by atoms with van der Waals surface area (Å²) in [4.78, 5) is -1.65. The van der Waals surface area contributed by atoms with Crippen molar-refractivity contribution in [3.63, 3.8) is 0 Å². The summed E-state index contributed by atoms with van der Waals surface area (Å²) in [5.74, 6) is -11.5. The molecule has 0 amide bonds. The molecule has 0 atom stereocenters. The van der Waals surface area contributed by atoms with Crippen LogP contribution in [0.5, 0.6) is 23.0 Å². The number of halogens is 5. The van der Waals surface area contributed by atoms with Crippen molar-refractivity contribution in [3.05, 3.63) is 71.6 Å². The van der Waals surface area contributed by atoms with Crippen LogP contribution >= 0.6 is 0 Å². The lowest BCUT2D eigenvalue weighted by Gasteiger charge is -2.16. The van der Waals surface area contributed by atoms with E-state index in [1.54, 1.807) is 4.72 Å². The molecule has 1 N–H and O–H groups in total.